The fourth-order valence-corrected chi connectivity index (χ4v) is 5.63. The smallest absolute Gasteiger partial charge is 0.254 e. The van der Waals surface area contributed by atoms with Crippen LogP contribution in [0.3, 0.4) is 0 Å². The highest BCUT2D eigenvalue weighted by atomic mass is 32.2. The maximum atomic E-state index is 13.0. The van der Waals surface area contributed by atoms with Gasteiger partial charge >= 0.3 is 0 Å². The summed E-state index contributed by atoms with van der Waals surface area (Å²) in [5, 5.41) is 0. The van der Waals surface area contributed by atoms with Crippen molar-refractivity contribution in [2.75, 3.05) is 25.4 Å². The number of carbonyl (C=O) groups excluding carboxylic acids is 2. The van der Waals surface area contributed by atoms with E-state index in [4.69, 9.17) is 0 Å². The van der Waals surface area contributed by atoms with Crippen molar-refractivity contribution >= 4 is 23.6 Å². The molecular formula is C23H26N2O2S. The van der Waals surface area contributed by atoms with Crippen molar-refractivity contribution in [2.45, 2.75) is 31.1 Å². The summed E-state index contributed by atoms with van der Waals surface area (Å²) in [7, 11) is 0. The molecule has 0 unspecified atom stereocenters. The van der Waals surface area contributed by atoms with Crippen LogP contribution in [0.25, 0.3) is 0 Å². The Morgan fingerprint density at radius 2 is 1.54 bits per heavy atom. The Bertz CT molecular complexity index is 843. The van der Waals surface area contributed by atoms with Gasteiger partial charge in [-0.3, -0.25) is 9.59 Å². The zero-order chi connectivity index (χ0) is 19.6. The Hall–Kier alpha value is -2.27. The number of piperidine rings is 1. The van der Waals surface area contributed by atoms with Gasteiger partial charge in [0.05, 0.1) is 4.87 Å². The summed E-state index contributed by atoms with van der Waals surface area (Å²) in [5.41, 5.74) is 2.75. The molecule has 28 heavy (non-hydrogen) atoms. The van der Waals surface area contributed by atoms with E-state index in [1.54, 1.807) is 0 Å². The van der Waals surface area contributed by atoms with Crippen molar-refractivity contribution in [3.8, 4) is 0 Å². The molecule has 4 rings (SSSR count). The molecular weight excluding hydrogens is 368 g/mol. The van der Waals surface area contributed by atoms with Gasteiger partial charge in [-0.15, -0.1) is 11.8 Å². The molecule has 0 atom stereocenters. The number of hydrogen-bond donors (Lipinski definition) is 0. The van der Waals surface area contributed by atoms with Crippen molar-refractivity contribution in [2.24, 2.45) is 0 Å². The van der Waals surface area contributed by atoms with E-state index < -0.39 is 0 Å². The molecule has 4 nitrogen and oxygen atoms in total. The first-order chi connectivity index (χ1) is 13.6. The zero-order valence-corrected chi connectivity index (χ0v) is 17.1. The number of nitrogens with zero attached hydrogens (tertiary/aromatic N) is 2. The Labute approximate surface area is 170 Å². The molecule has 2 amide bonds. The van der Waals surface area contributed by atoms with Crippen LogP contribution in [0.2, 0.25) is 0 Å². The van der Waals surface area contributed by atoms with E-state index in [1.165, 1.54) is 5.56 Å². The Morgan fingerprint density at radius 1 is 0.893 bits per heavy atom. The van der Waals surface area contributed by atoms with Crippen LogP contribution in [0.4, 0.5) is 0 Å². The molecule has 0 aromatic heterocycles. The van der Waals surface area contributed by atoms with E-state index in [9.17, 15) is 9.59 Å². The molecule has 5 heteroatoms. The Kier molecular flexibility index (Phi) is 5.44. The van der Waals surface area contributed by atoms with Gasteiger partial charge in [0, 0.05) is 36.5 Å². The molecule has 2 heterocycles. The molecule has 2 saturated heterocycles. The topological polar surface area (TPSA) is 40.6 Å². The first-order valence-corrected chi connectivity index (χ1v) is 11.0. The van der Waals surface area contributed by atoms with Crippen LogP contribution in [-0.2, 0) is 6.42 Å². The second-order valence-corrected chi connectivity index (χ2v) is 8.92. The predicted octanol–water partition coefficient (Wildman–Crippen LogP) is 4.07. The lowest BCUT2D eigenvalue weighted by atomic mass is 10.00. The molecule has 1 spiro atoms. The molecule has 2 aliphatic rings. The minimum Gasteiger partial charge on any atom is -0.338 e. The monoisotopic (exact) mass is 394 g/mol. The van der Waals surface area contributed by atoms with E-state index in [-0.39, 0.29) is 16.7 Å². The summed E-state index contributed by atoms with van der Waals surface area (Å²) < 4.78 is 0. The van der Waals surface area contributed by atoms with Gasteiger partial charge in [0.1, 0.15) is 0 Å². The van der Waals surface area contributed by atoms with E-state index in [0.717, 1.165) is 42.7 Å². The third-order valence-electron chi connectivity index (χ3n) is 5.88. The van der Waals surface area contributed by atoms with Crippen molar-refractivity contribution in [3.63, 3.8) is 0 Å². The van der Waals surface area contributed by atoms with Gasteiger partial charge in [0.2, 0.25) is 0 Å². The summed E-state index contributed by atoms with van der Waals surface area (Å²) in [4.78, 5) is 29.7. The van der Waals surface area contributed by atoms with Crippen molar-refractivity contribution in [1.29, 1.82) is 0 Å². The van der Waals surface area contributed by atoms with Crippen molar-refractivity contribution in [1.82, 2.24) is 9.80 Å². The van der Waals surface area contributed by atoms with E-state index in [0.29, 0.717) is 13.1 Å². The van der Waals surface area contributed by atoms with Crippen LogP contribution in [-0.4, -0.2) is 51.9 Å². The zero-order valence-electron chi connectivity index (χ0n) is 16.3. The van der Waals surface area contributed by atoms with Gasteiger partial charge in [-0.1, -0.05) is 37.3 Å². The molecule has 0 radical (unpaired) electrons. The van der Waals surface area contributed by atoms with Gasteiger partial charge in [-0.05, 0) is 49.1 Å². The van der Waals surface area contributed by atoms with Crippen LogP contribution >= 0.6 is 11.8 Å². The highest BCUT2D eigenvalue weighted by Crippen LogP contribution is 2.44. The minimum atomic E-state index is -0.171. The van der Waals surface area contributed by atoms with E-state index in [1.807, 2.05) is 76.2 Å². The van der Waals surface area contributed by atoms with Crippen LogP contribution in [0.5, 0.6) is 0 Å². The van der Waals surface area contributed by atoms with Gasteiger partial charge in [-0.2, -0.15) is 0 Å². The standard InChI is InChI=1S/C23H26N2O2S/c1-2-18-8-10-20(11-9-18)21(26)24-14-12-23(13-15-24)25(16-17-28-23)22(27)19-6-4-3-5-7-19/h3-11H,2,12-17H2,1H3. The number of carbonyl (C=O) groups is 2. The predicted molar refractivity (Wildman–Crippen MR) is 114 cm³/mol. The number of rotatable bonds is 3. The SMILES string of the molecule is CCc1ccc(C(=O)N2CCC3(CC2)SCCN3C(=O)c2ccccc2)cc1. The van der Waals surface area contributed by atoms with Gasteiger partial charge in [0.15, 0.2) is 0 Å². The van der Waals surface area contributed by atoms with Crippen molar-refractivity contribution in [3.05, 3.63) is 71.3 Å². The lowest BCUT2D eigenvalue weighted by Gasteiger charge is -2.44. The van der Waals surface area contributed by atoms with E-state index in [2.05, 4.69) is 6.92 Å². The lowest BCUT2D eigenvalue weighted by molar-refractivity contribution is 0.0498. The number of amides is 2. The number of aryl methyl sites for hydroxylation is 1. The number of hydrogen-bond acceptors (Lipinski definition) is 3. The van der Waals surface area contributed by atoms with Crippen molar-refractivity contribution < 1.29 is 9.59 Å². The summed E-state index contributed by atoms with van der Waals surface area (Å²) >= 11 is 1.88. The average Bonchev–Trinajstić information content (AvgIpc) is 3.17. The summed E-state index contributed by atoms with van der Waals surface area (Å²) in [6.45, 7) is 4.29. The maximum absolute atomic E-state index is 13.0. The summed E-state index contributed by atoms with van der Waals surface area (Å²) in [6.07, 6.45) is 2.63. The molecule has 146 valence electrons. The van der Waals surface area contributed by atoms with Crippen LogP contribution < -0.4 is 0 Å². The molecule has 0 bridgehead atoms. The number of benzene rings is 2. The molecule has 0 aliphatic carbocycles. The quantitative estimate of drug-likeness (QED) is 0.788. The number of likely N-dealkylation sites (tertiary alicyclic amines) is 1. The third-order valence-corrected chi connectivity index (χ3v) is 7.44. The summed E-state index contributed by atoms with van der Waals surface area (Å²) in [6, 6.07) is 17.5. The van der Waals surface area contributed by atoms with Gasteiger partial charge in [0.25, 0.3) is 11.8 Å². The first-order valence-electron chi connectivity index (χ1n) is 10.0. The highest BCUT2D eigenvalue weighted by molar-refractivity contribution is 8.00. The second-order valence-electron chi connectivity index (χ2n) is 7.46. The fraction of sp³-hybridized carbons (Fsp3) is 0.391. The second kappa shape index (κ2) is 8.00. The largest absolute Gasteiger partial charge is 0.338 e. The molecule has 2 aromatic rings. The molecule has 2 aromatic carbocycles. The lowest BCUT2D eigenvalue weighted by Crippen LogP contribution is -2.53. The maximum Gasteiger partial charge on any atom is 0.254 e. The molecule has 2 aliphatic heterocycles. The third kappa shape index (κ3) is 3.55. The number of thioether (sulfide) groups is 1. The molecule has 2 fully saturated rings. The summed E-state index contributed by atoms with van der Waals surface area (Å²) in [5.74, 6) is 1.17. The Morgan fingerprint density at radius 3 is 2.18 bits per heavy atom. The van der Waals surface area contributed by atoms with E-state index >= 15 is 0 Å². The molecule has 0 saturated carbocycles. The fourth-order valence-electron chi connectivity index (χ4n) is 4.17. The van der Waals surface area contributed by atoms with Crippen LogP contribution in [0, 0.1) is 0 Å². The van der Waals surface area contributed by atoms with Gasteiger partial charge < -0.3 is 9.80 Å². The van der Waals surface area contributed by atoms with Crippen LogP contribution in [0.15, 0.2) is 54.6 Å². The highest BCUT2D eigenvalue weighted by Gasteiger charge is 2.47. The average molecular weight is 395 g/mol. The normalized spacial score (nSPS) is 18.5. The molecule has 0 N–H and O–H groups in total. The minimum absolute atomic E-state index is 0.0986. The Balaban J connectivity index is 1.44. The van der Waals surface area contributed by atoms with Crippen LogP contribution in [0.1, 0.15) is 46.0 Å². The first kappa shape index (κ1) is 19.1. The van der Waals surface area contributed by atoms with Gasteiger partial charge in [-0.25, -0.2) is 0 Å².